The second-order valence-electron chi connectivity index (χ2n) is 8.61. The van der Waals surface area contributed by atoms with Gasteiger partial charge < -0.3 is 15.3 Å². The van der Waals surface area contributed by atoms with Crippen molar-refractivity contribution in [1.29, 1.82) is 0 Å². The molecule has 1 aromatic heterocycles. The number of hydrogen-bond donors (Lipinski definition) is 2. The molecule has 34 heavy (non-hydrogen) atoms. The minimum Gasteiger partial charge on any atom is -0.381 e. The molecule has 0 spiro atoms. The fourth-order valence-electron chi connectivity index (χ4n) is 3.98. The first kappa shape index (κ1) is 25.6. The molecule has 1 unspecified atom stereocenters. The molecule has 3 rings (SSSR count). The summed E-state index contributed by atoms with van der Waals surface area (Å²) in [6.45, 7) is 3.24. The van der Waals surface area contributed by atoms with Crippen LogP contribution in [0.25, 0.3) is 10.9 Å². The maximum atomic E-state index is 14.7. The fraction of sp³-hybridized carbons (Fsp3) is 0.391. The molecule has 0 aliphatic heterocycles. The van der Waals surface area contributed by atoms with Crippen molar-refractivity contribution in [3.63, 3.8) is 0 Å². The summed E-state index contributed by atoms with van der Waals surface area (Å²) in [5, 5.41) is 13.6. The van der Waals surface area contributed by atoms with Crippen LogP contribution in [0, 0.1) is 18.6 Å². The number of aromatic nitrogens is 2. The summed E-state index contributed by atoms with van der Waals surface area (Å²) in [7, 11) is 1.17. The summed E-state index contributed by atoms with van der Waals surface area (Å²) in [4.78, 5) is 17.6. The molecule has 6 nitrogen and oxygen atoms in total. The van der Waals surface area contributed by atoms with Crippen LogP contribution in [-0.2, 0) is 10.3 Å². The predicted octanol–water partition coefficient (Wildman–Crippen LogP) is 5.23. The average Bonchev–Trinajstić information content (AvgIpc) is 2.70. The van der Waals surface area contributed by atoms with Crippen LogP contribution in [0.1, 0.15) is 31.7 Å². The number of alkyl halides is 3. The molecule has 0 saturated heterocycles. The van der Waals surface area contributed by atoms with E-state index >= 15 is 0 Å². The first-order valence-electron chi connectivity index (χ1n) is 10.2. The lowest BCUT2D eigenvalue weighted by Gasteiger charge is -2.38. The van der Waals surface area contributed by atoms with E-state index in [9.17, 15) is 27.1 Å². The van der Waals surface area contributed by atoms with Crippen LogP contribution < -0.4 is 10.2 Å². The molecule has 0 saturated carbocycles. The van der Waals surface area contributed by atoms with Crippen molar-refractivity contribution in [2.45, 2.75) is 44.4 Å². The van der Waals surface area contributed by atoms with Gasteiger partial charge >= 0.3 is 6.18 Å². The smallest absolute Gasteiger partial charge is 0.381 e. The Balaban J connectivity index is 1.98. The monoisotopic (exact) mass is 485 g/mol. The SMILES string of the molecule is COOc1cccc(F)c1C(C)(C)CC(O)(CNc1cc(F)cc2nc(C)ncc12)C(F)(F)F. The van der Waals surface area contributed by atoms with E-state index < -0.39 is 41.8 Å². The normalized spacial score (nSPS) is 14.2. The molecule has 0 aliphatic rings. The fourth-order valence-corrected chi connectivity index (χ4v) is 3.98. The molecule has 0 fully saturated rings. The Hall–Kier alpha value is -3.05. The molecule has 1 heterocycles. The molecule has 2 N–H and O–H groups in total. The highest BCUT2D eigenvalue weighted by atomic mass is 19.4. The van der Waals surface area contributed by atoms with Crippen molar-refractivity contribution < 1.29 is 36.8 Å². The Morgan fingerprint density at radius 1 is 1.12 bits per heavy atom. The third kappa shape index (κ3) is 5.20. The molecule has 0 radical (unpaired) electrons. The van der Waals surface area contributed by atoms with Crippen molar-refractivity contribution in [3.05, 3.63) is 59.6 Å². The molecule has 3 aromatic rings. The zero-order chi connectivity index (χ0) is 25.3. The van der Waals surface area contributed by atoms with Crippen LogP contribution in [0.4, 0.5) is 27.6 Å². The molecule has 2 aromatic carbocycles. The number of halogens is 5. The van der Waals surface area contributed by atoms with Gasteiger partial charge in [-0.05, 0) is 37.0 Å². The summed E-state index contributed by atoms with van der Waals surface area (Å²) in [6, 6.07) is 5.86. The number of aliphatic hydroxyl groups is 1. The molecular weight excluding hydrogens is 461 g/mol. The predicted molar refractivity (Wildman–Crippen MR) is 115 cm³/mol. The van der Waals surface area contributed by atoms with Crippen LogP contribution >= 0.6 is 0 Å². The van der Waals surface area contributed by atoms with Crippen LogP contribution in [0.5, 0.6) is 5.75 Å². The Morgan fingerprint density at radius 3 is 2.47 bits per heavy atom. The van der Waals surface area contributed by atoms with Gasteiger partial charge in [-0.1, -0.05) is 19.9 Å². The molecular formula is C23H24F5N3O3. The highest BCUT2D eigenvalue weighted by Gasteiger charge is 2.56. The Kier molecular flexibility index (Phi) is 6.99. The Labute approximate surface area is 192 Å². The van der Waals surface area contributed by atoms with E-state index in [2.05, 4.69) is 20.2 Å². The lowest BCUT2D eigenvalue weighted by Crippen LogP contribution is -2.54. The van der Waals surface area contributed by atoms with E-state index in [4.69, 9.17) is 4.89 Å². The van der Waals surface area contributed by atoms with Gasteiger partial charge in [-0.2, -0.15) is 18.1 Å². The lowest BCUT2D eigenvalue weighted by atomic mass is 9.74. The van der Waals surface area contributed by atoms with Crippen LogP contribution in [0.2, 0.25) is 0 Å². The minimum atomic E-state index is -5.11. The summed E-state index contributed by atoms with van der Waals surface area (Å²) >= 11 is 0. The number of rotatable bonds is 8. The quantitative estimate of drug-likeness (QED) is 0.259. The van der Waals surface area contributed by atoms with Gasteiger partial charge in [-0.25, -0.2) is 18.7 Å². The van der Waals surface area contributed by atoms with Crippen molar-refractivity contribution in [2.75, 3.05) is 19.0 Å². The van der Waals surface area contributed by atoms with Crippen LogP contribution in [-0.4, -0.2) is 40.5 Å². The second-order valence-corrected chi connectivity index (χ2v) is 8.61. The van der Waals surface area contributed by atoms with Gasteiger partial charge in [0.15, 0.2) is 11.4 Å². The number of nitrogens with one attached hydrogen (secondary N) is 1. The topological polar surface area (TPSA) is 76.5 Å². The average molecular weight is 485 g/mol. The van der Waals surface area contributed by atoms with E-state index in [1.54, 1.807) is 6.92 Å². The van der Waals surface area contributed by atoms with E-state index in [0.29, 0.717) is 5.82 Å². The summed E-state index contributed by atoms with van der Waals surface area (Å²) in [6.07, 6.45) is -4.70. The molecule has 0 amide bonds. The maximum absolute atomic E-state index is 14.7. The van der Waals surface area contributed by atoms with E-state index in [1.807, 2.05) is 0 Å². The Bertz CT molecular complexity index is 1180. The number of fused-ring (bicyclic) bond motifs is 1. The van der Waals surface area contributed by atoms with Gasteiger partial charge in [-0.3, -0.25) is 0 Å². The summed E-state index contributed by atoms with van der Waals surface area (Å²) in [5.41, 5.74) is -4.91. The number of anilines is 1. The molecule has 1 atom stereocenters. The van der Waals surface area contributed by atoms with Crippen molar-refractivity contribution in [3.8, 4) is 5.75 Å². The molecule has 0 bridgehead atoms. The summed E-state index contributed by atoms with van der Waals surface area (Å²) < 4.78 is 71.1. The lowest BCUT2D eigenvalue weighted by molar-refractivity contribution is -0.261. The second kappa shape index (κ2) is 9.30. The highest BCUT2D eigenvalue weighted by molar-refractivity contribution is 5.90. The van der Waals surface area contributed by atoms with Gasteiger partial charge in [0.05, 0.1) is 19.2 Å². The maximum Gasteiger partial charge on any atom is 0.418 e. The number of aryl methyl sites for hydroxylation is 1. The largest absolute Gasteiger partial charge is 0.418 e. The van der Waals surface area contributed by atoms with Gasteiger partial charge in [0.25, 0.3) is 0 Å². The Morgan fingerprint density at radius 2 is 1.82 bits per heavy atom. The zero-order valence-electron chi connectivity index (χ0n) is 18.9. The van der Waals surface area contributed by atoms with E-state index in [-0.39, 0.29) is 27.9 Å². The number of hydrogen-bond acceptors (Lipinski definition) is 6. The van der Waals surface area contributed by atoms with Crippen molar-refractivity contribution in [2.24, 2.45) is 0 Å². The van der Waals surface area contributed by atoms with Crippen molar-refractivity contribution >= 4 is 16.6 Å². The third-order valence-corrected chi connectivity index (χ3v) is 5.44. The standard InChI is InChI=1S/C23H24F5N3O3/c1-13-29-10-15-17(8-14(24)9-18(15)31-13)30-12-22(32,23(26,27)28)11-21(2,3)20-16(25)6-5-7-19(20)34-33-4/h5-10,30,32H,11-12H2,1-4H3. The van der Waals surface area contributed by atoms with E-state index in [1.165, 1.54) is 39.3 Å². The van der Waals surface area contributed by atoms with Gasteiger partial charge in [0, 0.05) is 28.9 Å². The molecule has 0 aliphatic carbocycles. The highest BCUT2D eigenvalue weighted by Crippen LogP contribution is 2.44. The first-order chi connectivity index (χ1) is 15.8. The summed E-state index contributed by atoms with van der Waals surface area (Å²) in [5.74, 6) is -1.30. The van der Waals surface area contributed by atoms with Gasteiger partial charge in [0.2, 0.25) is 0 Å². The van der Waals surface area contributed by atoms with Crippen LogP contribution in [0.3, 0.4) is 0 Å². The van der Waals surface area contributed by atoms with Crippen LogP contribution in [0.15, 0.2) is 36.5 Å². The molecule has 184 valence electrons. The van der Waals surface area contributed by atoms with Gasteiger partial charge in [-0.15, -0.1) is 0 Å². The number of benzene rings is 2. The van der Waals surface area contributed by atoms with Gasteiger partial charge in [0.1, 0.15) is 17.5 Å². The van der Waals surface area contributed by atoms with Crippen molar-refractivity contribution in [1.82, 2.24) is 9.97 Å². The third-order valence-electron chi connectivity index (χ3n) is 5.44. The number of nitrogens with zero attached hydrogens (tertiary/aromatic N) is 2. The van der Waals surface area contributed by atoms with E-state index in [0.717, 1.165) is 18.2 Å². The minimum absolute atomic E-state index is 0.0234. The first-order valence-corrected chi connectivity index (χ1v) is 10.2. The molecule has 11 heteroatoms. The zero-order valence-corrected chi connectivity index (χ0v) is 18.9.